The molecule has 5 nitrogen and oxygen atoms in total. The largest absolute Gasteiger partial charge is 0.352 e. The Morgan fingerprint density at radius 1 is 1.04 bits per heavy atom. The predicted octanol–water partition coefficient (Wildman–Crippen LogP) is 4.27. The topological polar surface area (TPSA) is 46.8 Å². The van der Waals surface area contributed by atoms with E-state index in [9.17, 15) is 0 Å². The molecule has 0 bridgehead atoms. The Bertz CT molecular complexity index is 1030. The van der Waals surface area contributed by atoms with Crippen LogP contribution in [0.1, 0.15) is 11.4 Å². The van der Waals surface area contributed by atoms with E-state index in [1.807, 2.05) is 37.6 Å². The van der Waals surface area contributed by atoms with Crippen LogP contribution in [0.25, 0.3) is 10.9 Å². The van der Waals surface area contributed by atoms with E-state index in [0.717, 1.165) is 33.6 Å². The van der Waals surface area contributed by atoms with E-state index in [4.69, 9.17) is 0 Å². The van der Waals surface area contributed by atoms with Gasteiger partial charge in [0, 0.05) is 35.8 Å². The molecule has 0 saturated carbocycles. The Morgan fingerprint density at radius 3 is 2.73 bits per heavy atom. The summed E-state index contributed by atoms with van der Waals surface area (Å²) in [5.41, 5.74) is 2.18. The van der Waals surface area contributed by atoms with Crippen LogP contribution in [0.2, 0.25) is 0 Å². The molecule has 0 N–H and O–H groups in total. The summed E-state index contributed by atoms with van der Waals surface area (Å²) in [7, 11) is 2.03. The normalized spacial score (nSPS) is 11.0. The molecule has 0 spiro atoms. The lowest BCUT2D eigenvalue weighted by molar-refractivity contribution is 0.705. The molecule has 26 heavy (non-hydrogen) atoms. The monoisotopic (exact) mass is 407 g/mol. The Balaban J connectivity index is 1.61. The highest BCUT2D eigenvalue weighted by Crippen LogP contribution is 2.26. The van der Waals surface area contributed by atoms with Crippen molar-refractivity contribution in [3.8, 4) is 0 Å². The first kappa shape index (κ1) is 16.7. The van der Waals surface area contributed by atoms with Crippen molar-refractivity contribution < 1.29 is 0 Å². The number of benzene rings is 2. The first-order valence-electron chi connectivity index (χ1n) is 8.36. The number of aromatic nitrogens is 4. The van der Waals surface area contributed by atoms with E-state index in [-0.39, 0.29) is 0 Å². The molecule has 0 aliphatic heterocycles. The van der Waals surface area contributed by atoms with E-state index in [0.29, 0.717) is 6.54 Å². The summed E-state index contributed by atoms with van der Waals surface area (Å²) in [6.07, 6.45) is 5.48. The van der Waals surface area contributed by atoms with E-state index < -0.39 is 0 Å². The smallest absolute Gasteiger partial charge is 0.140 e. The maximum absolute atomic E-state index is 4.54. The number of hydrogen-bond donors (Lipinski definition) is 0. The van der Waals surface area contributed by atoms with Crippen molar-refractivity contribution in [3.05, 3.63) is 83.1 Å². The van der Waals surface area contributed by atoms with Gasteiger partial charge in [-0.1, -0.05) is 46.3 Å². The molecule has 6 heteroatoms. The Kier molecular flexibility index (Phi) is 4.67. The van der Waals surface area contributed by atoms with Gasteiger partial charge in [0.2, 0.25) is 0 Å². The van der Waals surface area contributed by atoms with E-state index >= 15 is 0 Å². The number of hydrogen-bond acceptors (Lipinski definition) is 4. The van der Waals surface area contributed by atoms with Crippen molar-refractivity contribution in [3.63, 3.8) is 0 Å². The van der Waals surface area contributed by atoms with Crippen molar-refractivity contribution in [1.82, 2.24) is 19.5 Å². The molecule has 0 radical (unpaired) electrons. The molecule has 0 atom stereocenters. The first-order chi connectivity index (χ1) is 12.7. The fraction of sp³-hybridized carbons (Fsp3) is 0.150. The van der Waals surface area contributed by atoms with Gasteiger partial charge in [-0.3, -0.25) is 0 Å². The number of imidazole rings is 1. The van der Waals surface area contributed by atoms with Gasteiger partial charge in [-0.2, -0.15) is 0 Å². The highest BCUT2D eigenvalue weighted by molar-refractivity contribution is 9.10. The summed E-state index contributed by atoms with van der Waals surface area (Å²) in [5, 5.41) is 1.02. The molecular formula is C20H18BrN5. The predicted molar refractivity (Wildman–Crippen MR) is 107 cm³/mol. The maximum atomic E-state index is 4.54. The highest BCUT2D eigenvalue weighted by atomic mass is 79.9. The summed E-state index contributed by atoms with van der Waals surface area (Å²) < 4.78 is 3.19. The molecular weight excluding hydrogens is 390 g/mol. The number of anilines is 1. The van der Waals surface area contributed by atoms with Gasteiger partial charge in [0.25, 0.3) is 0 Å². The van der Waals surface area contributed by atoms with E-state index in [1.54, 1.807) is 6.33 Å². The van der Waals surface area contributed by atoms with Crippen LogP contribution >= 0.6 is 15.9 Å². The molecule has 2 heterocycles. The zero-order valence-electron chi connectivity index (χ0n) is 14.4. The molecule has 4 aromatic rings. The molecule has 0 amide bonds. The highest BCUT2D eigenvalue weighted by Gasteiger charge is 2.12. The number of rotatable bonds is 5. The average molecular weight is 408 g/mol. The summed E-state index contributed by atoms with van der Waals surface area (Å²) in [6, 6.07) is 16.4. The van der Waals surface area contributed by atoms with Gasteiger partial charge in [0.1, 0.15) is 18.0 Å². The maximum Gasteiger partial charge on any atom is 0.140 e. The van der Waals surface area contributed by atoms with Crippen LogP contribution in [0.4, 0.5) is 5.82 Å². The molecule has 130 valence electrons. The molecule has 0 aliphatic carbocycles. The second-order valence-corrected chi connectivity index (χ2v) is 7.09. The molecule has 2 aromatic heterocycles. The Morgan fingerprint density at radius 2 is 1.88 bits per heavy atom. The molecule has 4 rings (SSSR count). The first-order valence-corrected chi connectivity index (χ1v) is 9.15. The minimum atomic E-state index is 0.665. The van der Waals surface area contributed by atoms with Crippen LogP contribution in [0, 0.1) is 0 Å². The van der Waals surface area contributed by atoms with Gasteiger partial charge in [0.15, 0.2) is 0 Å². The fourth-order valence-electron chi connectivity index (χ4n) is 3.02. The Hall–Kier alpha value is -2.73. The second kappa shape index (κ2) is 7.25. The van der Waals surface area contributed by atoms with Crippen LogP contribution in [-0.4, -0.2) is 26.6 Å². The lowest BCUT2D eigenvalue weighted by Gasteiger charge is -2.20. The molecule has 2 aromatic carbocycles. The van der Waals surface area contributed by atoms with Crippen molar-refractivity contribution in [2.75, 3.05) is 11.9 Å². The third-order valence-electron chi connectivity index (χ3n) is 4.31. The molecule has 0 unspecified atom stereocenters. The summed E-state index contributed by atoms with van der Waals surface area (Å²) >= 11 is 3.53. The van der Waals surface area contributed by atoms with Crippen molar-refractivity contribution in [2.24, 2.45) is 0 Å². The van der Waals surface area contributed by atoms with Crippen LogP contribution in [0.15, 0.2) is 71.7 Å². The quantitative estimate of drug-likeness (QED) is 0.495. The van der Waals surface area contributed by atoms with Crippen molar-refractivity contribution in [1.29, 1.82) is 0 Å². The van der Waals surface area contributed by atoms with Gasteiger partial charge in [-0.25, -0.2) is 15.0 Å². The zero-order valence-corrected chi connectivity index (χ0v) is 16.0. The van der Waals surface area contributed by atoms with E-state index in [1.165, 1.54) is 5.56 Å². The SMILES string of the molecule is CN(Cc1nccn1Cc1ccccc1)c1ncnc2ccc(Br)cc12. The molecule has 0 aliphatic rings. The van der Waals surface area contributed by atoms with Gasteiger partial charge < -0.3 is 9.47 Å². The van der Waals surface area contributed by atoms with Crippen LogP contribution in [0.5, 0.6) is 0 Å². The zero-order chi connectivity index (χ0) is 17.9. The lowest BCUT2D eigenvalue weighted by atomic mass is 10.2. The summed E-state index contributed by atoms with van der Waals surface area (Å²) in [6.45, 7) is 1.47. The summed E-state index contributed by atoms with van der Waals surface area (Å²) in [5.74, 6) is 1.89. The molecule has 0 saturated heterocycles. The Labute approximate surface area is 160 Å². The van der Waals surface area contributed by atoms with E-state index in [2.05, 4.69) is 70.7 Å². The number of fused-ring (bicyclic) bond motifs is 1. The average Bonchev–Trinajstić information content (AvgIpc) is 3.08. The van der Waals surface area contributed by atoms with Crippen LogP contribution in [0.3, 0.4) is 0 Å². The standard InChI is InChI=1S/C20H18BrN5/c1-25(20-17-11-16(21)7-8-18(17)23-14-24-20)13-19-22-9-10-26(19)12-15-5-3-2-4-6-15/h2-11,14H,12-13H2,1H3. The minimum absolute atomic E-state index is 0.665. The van der Waals surface area contributed by atoms with Crippen molar-refractivity contribution in [2.45, 2.75) is 13.1 Å². The van der Waals surface area contributed by atoms with Crippen LogP contribution in [-0.2, 0) is 13.1 Å². The van der Waals surface area contributed by atoms with Crippen molar-refractivity contribution >= 4 is 32.7 Å². The number of nitrogens with zero attached hydrogens (tertiary/aromatic N) is 5. The van der Waals surface area contributed by atoms with Crippen LogP contribution < -0.4 is 4.90 Å². The van der Waals surface area contributed by atoms with Gasteiger partial charge in [-0.15, -0.1) is 0 Å². The lowest BCUT2D eigenvalue weighted by Crippen LogP contribution is -2.21. The minimum Gasteiger partial charge on any atom is -0.352 e. The van der Waals surface area contributed by atoms with Gasteiger partial charge in [0.05, 0.1) is 12.1 Å². The third kappa shape index (κ3) is 3.46. The van der Waals surface area contributed by atoms with Gasteiger partial charge >= 0.3 is 0 Å². The fourth-order valence-corrected chi connectivity index (χ4v) is 3.38. The number of halogens is 1. The van der Waals surface area contributed by atoms with Gasteiger partial charge in [-0.05, 0) is 23.8 Å². The summed E-state index contributed by atoms with van der Waals surface area (Å²) in [4.78, 5) is 15.5. The third-order valence-corrected chi connectivity index (χ3v) is 4.81. The molecule has 0 fully saturated rings. The second-order valence-electron chi connectivity index (χ2n) is 6.17.